The lowest BCUT2D eigenvalue weighted by Crippen LogP contribution is -1.86. The molecule has 25 heavy (non-hydrogen) atoms. The predicted octanol–water partition coefficient (Wildman–Crippen LogP) is 5.26. The molecule has 122 valence electrons. The number of hydrogen-bond acceptors (Lipinski definition) is 4. The van der Waals surface area contributed by atoms with Crippen LogP contribution in [0.5, 0.6) is 5.06 Å². The van der Waals surface area contributed by atoms with Crippen molar-refractivity contribution in [3.05, 3.63) is 84.0 Å². The van der Waals surface area contributed by atoms with Crippen LogP contribution >= 0.6 is 23.1 Å². The highest BCUT2D eigenvalue weighted by Crippen LogP contribution is 2.40. The second-order valence-electron chi connectivity index (χ2n) is 5.51. The molecule has 0 unspecified atom stereocenters. The molecule has 0 fully saturated rings. The molecular formula is C21H13O2S2-. The first-order valence-electron chi connectivity index (χ1n) is 7.79. The lowest BCUT2D eigenvalue weighted by Gasteiger charge is -2.00. The van der Waals surface area contributed by atoms with E-state index >= 15 is 0 Å². The molecule has 0 atom stereocenters. The minimum Gasteiger partial charge on any atom is -0.865 e. The van der Waals surface area contributed by atoms with Crippen LogP contribution in [0.15, 0.2) is 77.7 Å². The maximum Gasteiger partial charge on any atom is 0.224 e. The van der Waals surface area contributed by atoms with Crippen molar-refractivity contribution in [3.63, 3.8) is 0 Å². The summed E-state index contributed by atoms with van der Waals surface area (Å²) in [6.45, 7) is 0. The first kappa shape index (κ1) is 15.9. The highest BCUT2D eigenvalue weighted by Gasteiger charge is 2.24. The minimum atomic E-state index is 0.0699. The Hall–Kier alpha value is -2.56. The van der Waals surface area contributed by atoms with Gasteiger partial charge in [-0.05, 0) is 46.0 Å². The number of benzene rings is 2. The van der Waals surface area contributed by atoms with Crippen molar-refractivity contribution in [2.24, 2.45) is 0 Å². The van der Waals surface area contributed by atoms with E-state index in [9.17, 15) is 9.90 Å². The van der Waals surface area contributed by atoms with E-state index in [1.807, 2.05) is 78.9 Å². The van der Waals surface area contributed by atoms with Crippen LogP contribution in [0.1, 0.15) is 11.1 Å². The zero-order valence-electron chi connectivity index (χ0n) is 13.1. The fraction of sp³-hybridized carbons (Fsp3) is 0. The molecule has 3 aromatic rings. The molecule has 1 aromatic heterocycles. The Bertz CT molecular complexity index is 1050. The van der Waals surface area contributed by atoms with E-state index in [1.165, 1.54) is 23.1 Å². The Morgan fingerprint density at radius 3 is 2.64 bits per heavy atom. The van der Waals surface area contributed by atoms with E-state index in [1.54, 1.807) is 0 Å². The molecule has 0 spiro atoms. The predicted molar refractivity (Wildman–Crippen MR) is 105 cm³/mol. The van der Waals surface area contributed by atoms with Crippen molar-refractivity contribution in [1.29, 1.82) is 0 Å². The van der Waals surface area contributed by atoms with E-state index < -0.39 is 0 Å². The zero-order chi connectivity index (χ0) is 17.2. The van der Waals surface area contributed by atoms with Gasteiger partial charge in [-0.15, -0.1) is 0 Å². The standard InChI is InChI=1S/C21H14O2S2/c22-20-16(14-8-4-6-12-18(14)24-20)10-2-1-3-11-17-15-9-5-7-13-19(15)25-21(17)23/h1-13,22H/p-1. The zero-order valence-corrected chi connectivity index (χ0v) is 14.8. The van der Waals surface area contributed by atoms with Crippen LogP contribution in [-0.4, -0.2) is 5.12 Å². The Morgan fingerprint density at radius 2 is 1.72 bits per heavy atom. The van der Waals surface area contributed by atoms with Gasteiger partial charge in [0.15, 0.2) is 0 Å². The summed E-state index contributed by atoms with van der Waals surface area (Å²) >= 11 is 2.53. The summed E-state index contributed by atoms with van der Waals surface area (Å²) in [5, 5.41) is 13.2. The highest BCUT2D eigenvalue weighted by molar-refractivity contribution is 8.15. The van der Waals surface area contributed by atoms with Crippen molar-refractivity contribution >= 4 is 49.9 Å². The van der Waals surface area contributed by atoms with Gasteiger partial charge in [-0.25, -0.2) is 0 Å². The van der Waals surface area contributed by atoms with Crippen LogP contribution in [0.25, 0.3) is 21.7 Å². The fourth-order valence-corrected chi connectivity index (χ4v) is 4.61. The summed E-state index contributed by atoms with van der Waals surface area (Å²) in [4.78, 5) is 13.1. The van der Waals surface area contributed by atoms with Gasteiger partial charge in [0.05, 0.1) is 0 Å². The molecule has 0 aliphatic carbocycles. The van der Waals surface area contributed by atoms with Crippen LogP contribution in [0.4, 0.5) is 0 Å². The number of allylic oxidation sites excluding steroid dienone is 4. The molecule has 0 amide bonds. The van der Waals surface area contributed by atoms with Crippen molar-refractivity contribution in [2.45, 2.75) is 4.90 Å². The molecule has 0 saturated heterocycles. The number of thiophene rings is 1. The highest BCUT2D eigenvalue weighted by atomic mass is 32.2. The first-order chi connectivity index (χ1) is 12.2. The van der Waals surface area contributed by atoms with Gasteiger partial charge in [0.2, 0.25) is 5.12 Å². The second kappa shape index (κ2) is 6.75. The van der Waals surface area contributed by atoms with Crippen molar-refractivity contribution in [3.8, 4) is 5.06 Å². The van der Waals surface area contributed by atoms with Gasteiger partial charge in [0.25, 0.3) is 0 Å². The molecule has 0 radical (unpaired) electrons. The summed E-state index contributed by atoms with van der Waals surface area (Å²) in [6.07, 6.45) is 9.18. The fourth-order valence-electron chi connectivity index (χ4n) is 2.77. The third-order valence-corrected chi connectivity index (χ3v) is 5.91. The van der Waals surface area contributed by atoms with E-state index in [-0.39, 0.29) is 10.2 Å². The number of thioether (sulfide) groups is 1. The topological polar surface area (TPSA) is 40.1 Å². The van der Waals surface area contributed by atoms with Crippen LogP contribution in [0.3, 0.4) is 0 Å². The van der Waals surface area contributed by atoms with Crippen molar-refractivity contribution in [2.75, 3.05) is 0 Å². The van der Waals surface area contributed by atoms with Gasteiger partial charge in [-0.1, -0.05) is 60.7 Å². The van der Waals surface area contributed by atoms with Gasteiger partial charge in [-0.3, -0.25) is 4.79 Å². The monoisotopic (exact) mass is 361 g/mol. The molecule has 2 nitrogen and oxygen atoms in total. The Kier molecular flexibility index (Phi) is 4.30. The molecule has 2 heterocycles. The smallest absolute Gasteiger partial charge is 0.224 e. The Morgan fingerprint density at radius 1 is 0.920 bits per heavy atom. The molecule has 1 aliphatic heterocycles. The third kappa shape index (κ3) is 3.06. The first-order valence-corrected chi connectivity index (χ1v) is 9.42. The molecule has 2 aromatic carbocycles. The number of carbonyl (C=O) groups excluding carboxylic acids is 1. The number of fused-ring (bicyclic) bond motifs is 2. The average molecular weight is 361 g/mol. The summed E-state index contributed by atoms with van der Waals surface area (Å²) in [5.74, 6) is 0. The number of rotatable bonds is 3. The molecule has 4 rings (SSSR count). The molecular weight excluding hydrogens is 348 g/mol. The van der Waals surface area contributed by atoms with E-state index in [4.69, 9.17) is 0 Å². The van der Waals surface area contributed by atoms with Crippen LogP contribution in [-0.2, 0) is 4.79 Å². The van der Waals surface area contributed by atoms with E-state index in [0.29, 0.717) is 0 Å². The normalized spacial score (nSPS) is 15.8. The molecule has 0 N–H and O–H groups in total. The maximum atomic E-state index is 12.1. The summed E-state index contributed by atoms with van der Waals surface area (Å²) in [5.41, 5.74) is 2.42. The summed E-state index contributed by atoms with van der Waals surface area (Å²) in [6, 6.07) is 15.6. The molecule has 0 bridgehead atoms. The number of carbonyl (C=O) groups is 1. The van der Waals surface area contributed by atoms with Crippen LogP contribution < -0.4 is 5.11 Å². The summed E-state index contributed by atoms with van der Waals surface area (Å²) < 4.78 is 1.00. The third-order valence-electron chi connectivity index (χ3n) is 3.95. The van der Waals surface area contributed by atoms with Gasteiger partial charge >= 0.3 is 0 Å². The van der Waals surface area contributed by atoms with Gasteiger partial charge in [-0.2, -0.15) is 11.3 Å². The average Bonchev–Trinajstić information content (AvgIpc) is 3.11. The lowest BCUT2D eigenvalue weighted by molar-refractivity contribution is -0.262. The number of hydrogen-bond donors (Lipinski definition) is 0. The maximum absolute atomic E-state index is 12.1. The van der Waals surface area contributed by atoms with Crippen LogP contribution in [0.2, 0.25) is 0 Å². The Labute approximate surface area is 153 Å². The molecule has 0 saturated carbocycles. The lowest BCUT2D eigenvalue weighted by atomic mass is 10.1. The van der Waals surface area contributed by atoms with Crippen molar-refractivity contribution in [1.82, 2.24) is 0 Å². The second-order valence-corrected chi connectivity index (χ2v) is 7.54. The van der Waals surface area contributed by atoms with E-state index in [0.717, 1.165) is 31.7 Å². The largest absolute Gasteiger partial charge is 0.865 e. The van der Waals surface area contributed by atoms with Gasteiger partial charge in [0.1, 0.15) is 0 Å². The quantitative estimate of drug-likeness (QED) is 0.472. The Balaban J connectivity index is 1.56. The van der Waals surface area contributed by atoms with Gasteiger partial charge < -0.3 is 5.11 Å². The van der Waals surface area contributed by atoms with Gasteiger partial charge in [0, 0.05) is 20.7 Å². The van der Waals surface area contributed by atoms with Crippen molar-refractivity contribution < 1.29 is 9.90 Å². The molecule has 1 aliphatic rings. The van der Waals surface area contributed by atoms with E-state index in [2.05, 4.69) is 0 Å². The SMILES string of the molecule is O=C1Sc2ccccc2C1=CC=CC=Cc1c([O-])sc2ccccc12. The summed E-state index contributed by atoms with van der Waals surface area (Å²) in [7, 11) is 0. The minimum absolute atomic E-state index is 0.0699. The van der Waals surface area contributed by atoms with Crippen LogP contribution in [0, 0.1) is 0 Å². The molecule has 4 heteroatoms.